The minimum Gasteiger partial charge on any atom is -0.375 e. The minimum absolute atomic E-state index is 0.141. The van der Waals surface area contributed by atoms with Gasteiger partial charge in [0.2, 0.25) is 0 Å². The molecule has 0 spiro atoms. The van der Waals surface area contributed by atoms with E-state index >= 15 is 0 Å². The van der Waals surface area contributed by atoms with Gasteiger partial charge in [0.25, 0.3) is 5.56 Å². The zero-order chi connectivity index (χ0) is 18.8. The Morgan fingerprint density at radius 3 is 2.52 bits per heavy atom. The first-order chi connectivity index (χ1) is 13.1. The van der Waals surface area contributed by atoms with Crippen LogP contribution in [0, 0.1) is 0 Å². The largest absolute Gasteiger partial charge is 0.375 e. The standard InChI is InChI=1S/C21H17ClN4O/c1-14(25-16-11-23-13-24-12-16)19-10-15-6-5-9-18(22)20(15)21(27)26(19)17-7-3-2-4-8-17/h2-14,25H,1H3. The van der Waals surface area contributed by atoms with E-state index in [0.717, 1.165) is 22.5 Å². The molecule has 2 heterocycles. The average Bonchev–Trinajstić information content (AvgIpc) is 2.69. The van der Waals surface area contributed by atoms with Crippen molar-refractivity contribution in [3.8, 4) is 5.69 Å². The van der Waals surface area contributed by atoms with Crippen molar-refractivity contribution < 1.29 is 0 Å². The Bertz CT molecular complexity index is 1140. The number of anilines is 1. The van der Waals surface area contributed by atoms with Gasteiger partial charge in [-0.15, -0.1) is 0 Å². The molecule has 4 aromatic rings. The van der Waals surface area contributed by atoms with Gasteiger partial charge >= 0.3 is 0 Å². The highest BCUT2D eigenvalue weighted by atomic mass is 35.5. The van der Waals surface area contributed by atoms with Crippen LogP contribution < -0.4 is 10.9 Å². The lowest BCUT2D eigenvalue weighted by Crippen LogP contribution is -2.25. The maximum Gasteiger partial charge on any atom is 0.264 e. The predicted octanol–water partition coefficient (Wildman–Crippen LogP) is 4.61. The Labute approximate surface area is 161 Å². The van der Waals surface area contributed by atoms with E-state index < -0.39 is 0 Å². The van der Waals surface area contributed by atoms with Crippen molar-refractivity contribution in [2.75, 3.05) is 5.32 Å². The minimum atomic E-state index is -0.160. The average molecular weight is 377 g/mol. The molecule has 2 aromatic heterocycles. The summed E-state index contributed by atoms with van der Waals surface area (Å²) in [5, 5.41) is 5.14. The third-order valence-electron chi connectivity index (χ3n) is 4.43. The summed E-state index contributed by atoms with van der Waals surface area (Å²) in [4.78, 5) is 21.4. The number of nitrogens with one attached hydrogen (secondary N) is 1. The van der Waals surface area contributed by atoms with Crippen molar-refractivity contribution in [3.63, 3.8) is 0 Å². The summed E-state index contributed by atoms with van der Waals surface area (Å²) in [6.45, 7) is 2.00. The zero-order valence-corrected chi connectivity index (χ0v) is 15.4. The van der Waals surface area contributed by atoms with Gasteiger partial charge in [-0.3, -0.25) is 9.36 Å². The zero-order valence-electron chi connectivity index (χ0n) is 14.6. The predicted molar refractivity (Wildman–Crippen MR) is 109 cm³/mol. The molecule has 134 valence electrons. The molecule has 0 radical (unpaired) electrons. The smallest absolute Gasteiger partial charge is 0.264 e. The first-order valence-corrected chi connectivity index (χ1v) is 8.94. The first-order valence-electron chi connectivity index (χ1n) is 8.56. The van der Waals surface area contributed by atoms with E-state index in [4.69, 9.17) is 11.6 Å². The van der Waals surface area contributed by atoms with Gasteiger partial charge in [0, 0.05) is 11.4 Å². The second-order valence-corrected chi connectivity index (χ2v) is 6.65. The summed E-state index contributed by atoms with van der Waals surface area (Å²) in [6.07, 6.45) is 4.88. The van der Waals surface area contributed by atoms with Crippen LogP contribution >= 0.6 is 11.6 Å². The summed E-state index contributed by atoms with van der Waals surface area (Å²) in [7, 11) is 0. The number of fused-ring (bicyclic) bond motifs is 1. The monoisotopic (exact) mass is 376 g/mol. The van der Waals surface area contributed by atoms with Crippen molar-refractivity contribution in [1.82, 2.24) is 14.5 Å². The van der Waals surface area contributed by atoms with Gasteiger partial charge in [-0.25, -0.2) is 9.97 Å². The Morgan fingerprint density at radius 1 is 1.04 bits per heavy atom. The summed E-state index contributed by atoms with van der Waals surface area (Å²) in [5.74, 6) is 0. The molecule has 5 nitrogen and oxygen atoms in total. The van der Waals surface area contributed by atoms with Crippen LogP contribution in [0.3, 0.4) is 0 Å². The lowest BCUT2D eigenvalue weighted by atomic mass is 10.1. The number of nitrogens with zero attached hydrogens (tertiary/aromatic N) is 3. The Morgan fingerprint density at radius 2 is 1.78 bits per heavy atom. The highest BCUT2D eigenvalue weighted by Crippen LogP contribution is 2.26. The van der Waals surface area contributed by atoms with Crippen molar-refractivity contribution in [2.24, 2.45) is 0 Å². The summed E-state index contributed by atoms with van der Waals surface area (Å²) in [5.41, 5.74) is 2.25. The van der Waals surface area contributed by atoms with Gasteiger partial charge in [0.05, 0.1) is 34.5 Å². The molecule has 27 heavy (non-hydrogen) atoms. The molecule has 0 aliphatic carbocycles. The van der Waals surface area contributed by atoms with Crippen LogP contribution in [-0.4, -0.2) is 14.5 Å². The molecule has 1 unspecified atom stereocenters. The lowest BCUT2D eigenvalue weighted by Gasteiger charge is -2.21. The van der Waals surface area contributed by atoms with Crippen LogP contribution in [0.15, 0.2) is 78.1 Å². The molecule has 0 fully saturated rings. The number of halogens is 1. The van der Waals surface area contributed by atoms with Gasteiger partial charge in [0.1, 0.15) is 6.33 Å². The molecule has 0 aliphatic heterocycles. The van der Waals surface area contributed by atoms with Crippen LogP contribution in [-0.2, 0) is 0 Å². The van der Waals surface area contributed by atoms with E-state index in [1.807, 2.05) is 55.5 Å². The molecule has 0 saturated carbocycles. The number of aromatic nitrogens is 3. The SMILES string of the molecule is CC(Nc1cncnc1)c1cc2cccc(Cl)c2c(=O)n1-c1ccccc1. The fraction of sp³-hybridized carbons (Fsp3) is 0.0952. The highest BCUT2D eigenvalue weighted by molar-refractivity contribution is 6.35. The van der Waals surface area contributed by atoms with Gasteiger partial charge in [-0.1, -0.05) is 41.9 Å². The van der Waals surface area contributed by atoms with Gasteiger partial charge in [-0.2, -0.15) is 0 Å². The fourth-order valence-electron chi connectivity index (χ4n) is 3.20. The molecule has 0 aliphatic rings. The topological polar surface area (TPSA) is 59.8 Å². The lowest BCUT2D eigenvalue weighted by molar-refractivity contribution is 0.776. The van der Waals surface area contributed by atoms with E-state index in [-0.39, 0.29) is 11.6 Å². The number of hydrogen-bond acceptors (Lipinski definition) is 4. The number of rotatable bonds is 4. The summed E-state index contributed by atoms with van der Waals surface area (Å²) < 4.78 is 1.70. The number of hydrogen-bond donors (Lipinski definition) is 1. The van der Waals surface area contributed by atoms with Crippen molar-refractivity contribution in [2.45, 2.75) is 13.0 Å². The quantitative estimate of drug-likeness (QED) is 0.565. The Balaban J connectivity index is 1.94. The van der Waals surface area contributed by atoms with E-state index in [9.17, 15) is 4.79 Å². The highest BCUT2D eigenvalue weighted by Gasteiger charge is 2.17. The molecule has 0 bridgehead atoms. The Kier molecular flexibility index (Phi) is 4.60. The molecule has 0 amide bonds. The van der Waals surface area contributed by atoms with Gasteiger partial charge in [-0.05, 0) is 36.6 Å². The normalized spacial score (nSPS) is 12.1. The molecule has 6 heteroatoms. The number of benzene rings is 2. The second-order valence-electron chi connectivity index (χ2n) is 6.24. The van der Waals surface area contributed by atoms with Crippen LogP contribution in [0.4, 0.5) is 5.69 Å². The summed E-state index contributed by atoms with van der Waals surface area (Å²) in [6, 6.07) is 16.9. The van der Waals surface area contributed by atoms with Crippen molar-refractivity contribution in [1.29, 1.82) is 0 Å². The van der Waals surface area contributed by atoms with Crippen LogP contribution in [0.5, 0.6) is 0 Å². The third kappa shape index (κ3) is 3.29. The molecule has 1 N–H and O–H groups in total. The van der Waals surface area contributed by atoms with E-state index in [2.05, 4.69) is 15.3 Å². The molecular formula is C21H17ClN4O. The molecule has 1 atom stereocenters. The van der Waals surface area contributed by atoms with Gasteiger partial charge in [0.15, 0.2) is 0 Å². The maximum absolute atomic E-state index is 13.4. The molecular weight excluding hydrogens is 360 g/mol. The van der Waals surface area contributed by atoms with Crippen LogP contribution in [0.2, 0.25) is 5.02 Å². The number of para-hydroxylation sites is 1. The first kappa shape index (κ1) is 17.2. The Hall–Kier alpha value is -3.18. The third-order valence-corrected chi connectivity index (χ3v) is 4.74. The fourth-order valence-corrected chi connectivity index (χ4v) is 3.46. The van der Waals surface area contributed by atoms with E-state index in [1.54, 1.807) is 23.0 Å². The maximum atomic E-state index is 13.4. The van der Waals surface area contributed by atoms with E-state index in [1.165, 1.54) is 6.33 Å². The van der Waals surface area contributed by atoms with Crippen molar-refractivity contribution in [3.05, 3.63) is 94.4 Å². The second kappa shape index (κ2) is 7.21. The van der Waals surface area contributed by atoms with Gasteiger partial charge < -0.3 is 5.32 Å². The molecule has 2 aromatic carbocycles. The summed E-state index contributed by atoms with van der Waals surface area (Å²) >= 11 is 6.34. The number of pyridine rings is 1. The van der Waals surface area contributed by atoms with E-state index in [0.29, 0.717) is 10.4 Å². The van der Waals surface area contributed by atoms with Crippen LogP contribution in [0.1, 0.15) is 18.7 Å². The molecule has 0 saturated heterocycles. The van der Waals surface area contributed by atoms with Crippen LogP contribution in [0.25, 0.3) is 16.5 Å². The molecule has 4 rings (SSSR count). The van der Waals surface area contributed by atoms with Crippen molar-refractivity contribution >= 4 is 28.1 Å².